The molecule has 0 bridgehead atoms. The standard InChI is InChI=1S/C35H40N2O11/c1-21-15-25(16-22(2)32(21)47-20-44-4)33(39)36-28-18-37(35(41)42)14-6-7-30(28)48-34(40)24-10-8-23(9-11-24)31(38)27-17-26(45-5)12-13-29(27)46-19-43-3/h8-13,15-17,28,30H,6-7,14,18-20H2,1-5H3,(H,36,39)(H,41,42)/t28-,30-/m1/s1. The number of ketones is 1. The fourth-order valence-corrected chi connectivity index (χ4v) is 5.44. The molecule has 256 valence electrons. The number of methoxy groups -OCH3 is 3. The van der Waals surface area contributed by atoms with Crippen LogP contribution in [0.25, 0.3) is 0 Å². The van der Waals surface area contributed by atoms with E-state index in [1.54, 1.807) is 44.2 Å². The maximum absolute atomic E-state index is 13.4. The summed E-state index contributed by atoms with van der Waals surface area (Å²) in [5.41, 5.74) is 2.52. The van der Waals surface area contributed by atoms with Crippen LogP contribution < -0.4 is 19.5 Å². The lowest BCUT2D eigenvalue weighted by Gasteiger charge is -2.28. The van der Waals surface area contributed by atoms with Crippen LogP contribution in [0, 0.1) is 13.8 Å². The monoisotopic (exact) mass is 664 g/mol. The second-order valence-electron chi connectivity index (χ2n) is 11.2. The Hall–Kier alpha value is -5.14. The van der Waals surface area contributed by atoms with E-state index >= 15 is 0 Å². The molecule has 3 aromatic rings. The Morgan fingerprint density at radius 1 is 0.854 bits per heavy atom. The van der Waals surface area contributed by atoms with Gasteiger partial charge in [0.25, 0.3) is 5.91 Å². The number of aryl methyl sites for hydroxylation is 2. The van der Waals surface area contributed by atoms with Crippen molar-refractivity contribution in [2.24, 2.45) is 0 Å². The van der Waals surface area contributed by atoms with E-state index in [0.717, 1.165) is 11.1 Å². The third-order valence-electron chi connectivity index (χ3n) is 7.82. The van der Waals surface area contributed by atoms with E-state index in [1.165, 1.54) is 50.5 Å². The average molecular weight is 665 g/mol. The molecular weight excluding hydrogens is 624 g/mol. The average Bonchev–Trinajstić information content (AvgIpc) is 3.28. The zero-order valence-corrected chi connectivity index (χ0v) is 27.6. The first-order valence-corrected chi connectivity index (χ1v) is 15.2. The van der Waals surface area contributed by atoms with Crippen LogP contribution in [0.5, 0.6) is 17.2 Å². The summed E-state index contributed by atoms with van der Waals surface area (Å²) >= 11 is 0. The molecule has 1 saturated heterocycles. The molecule has 2 atom stereocenters. The van der Waals surface area contributed by atoms with E-state index in [0.29, 0.717) is 41.2 Å². The second kappa shape index (κ2) is 16.6. The van der Waals surface area contributed by atoms with Crippen LogP contribution in [0.2, 0.25) is 0 Å². The van der Waals surface area contributed by atoms with E-state index in [2.05, 4.69) is 5.32 Å². The number of carbonyl (C=O) groups is 4. The molecule has 0 spiro atoms. The number of carboxylic acid groups (broad SMARTS) is 1. The molecule has 2 amide bonds. The van der Waals surface area contributed by atoms with Gasteiger partial charge in [-0.1, -0.05) is 12.1 Å². The fraction of sp³-hybridized carbons (Fsp3) is 0.371. The van der Waals surface area contributed by atoms with Gasteiger partial charge in [0.2, 0.25) is 0 Å². The maximum Gasteiger partial charge on any atom is 0.407 e. The number of nitrogens with zero attached hydrogens (tertiary/aromatic N) is 1. The molecule has 0 aromatic heterocycles. The number of benzene rings is 3. The Labute approximate surface area is 278 Å². The second-order valence-corrected chi connectivity index (χ2v) is 11.2. The predicted molar refractivity (Wildman–Crippen MR) is 173 cm³/mol. The van der Waals surface area contributed by atoms with Crippen LogP contribution in [0.1, 0.15) is 60.6 Å². The number of likely N-dealkylation sites (tertiary alicyclic amines) is 1. The van der Waals surface area contributed by atoms with E-state index < -0.39 is 30.1 Å². The van der Waals surface area contributed by atoms with E-state index in [1.807, 2.05) is 0 Å². The summed E-state index contributed by atoms with van der Waals surface area (Å²) in [5, 5.41) is 12.6. The number of carbonyl (C=O) groups excluding carboxylic acids is 3. The van der Waals surface area contributed by atoms with Crippen LogP contribution in [0.15, 0.2) is 54.6 Å². The summed E-state index contributed by atoms with van der Waals surface area (Å²) in [5.74, 6) is -0.116. The van der Waals surface area contributed by atoms with Crippen molar-refractivity contribution >= 4 is 23.8 Å². The first kappa shape index (κ1) is 35.7. The van der Waals surface area contributed by atoms with Gasteiger partial charge in [-0.25, -0.2) is 9.59 Å². The molecule has 2 N–H and O–H groups in total. The summed E-state index contributed by atoms with van der Waals surface area (Å²) in [6, 6.07) is 13.3. The Bertz CT molecular complexity index is 1600. The zero-order valence-electron chi connectivity index (χ0n) is 27.6. The number of esters is 1. The normalized spacial score (nSPS) is 16.0. The number of nitrogens with one attached hydrogen (secondary N) is 1. The lowest BCUT2D eigenvalue weighted by atomic mass is 10.0. The third-order valence-corrected chi connectivity index (χ3v) is 7.82. The quantitative estimate of drug-likeness (QED) is 0.149. The van der Waals surface area contributed by atoms with Crippen molar-refractivity contribution in [3.63, 3.8) is 0 Å². The smallest absolute Gasteiger partial charge is 0.407 e. The Morgan fingerprint density at radius 3 is 2.12 bits per heavy atom. The first-order chi connectivity index (χ1) is 23.1. The number of amides is 2. The van der Waals surface area contributed by atoms with Crippen LogP contribution in [0.3, 0.4) is 0 Å². The van der Waals surface area contributed by atoms with Gasteiger partial charge in [-0.2, -0.15) is 0 Å². The fourth-order valence-electron chi connectivity index (χ4n) is 5.44. The molecule has 3 aromatic carbocycles. The van der Waals surface area contributed by atoms with Crippen molar-refractivity contribution in [1.82, 2.24) is 10.2 Å². The highest BCUT2D eigenvalue weighted by Crippen LogP contribution is 2.28. The highest BCUT2D eigenvalue weighted by Gasteiger charge is 2.34. The molecule has 48 heavy (non-hydrogen) atoms. The first-order valence-electron chi connectivity index (χ1n) is 15.2. The van der Waals surface area contributed by atoms with Gasteiger partial charge in [-0.05, 0) is 80.3 Å². The highest BCUT2D eigenvalue weighted by atomic mass is 16.7. The Morgan fingerprint density at radius 2 is 1.50 bits per heavy atom. The number of hydrogen-bond donors (Lipinski definition) is 2. The minimum absolute atomic E-state index is 0.0550. The maximum atomic E-state index is 13.4. The molecule has 13 nitrogen and oxygen atoms in total. The van der Waals surface area contributed by atoms with Crippen molar-refractivity contribution in [1.29, 1.82) is 0 Å². The number of ether oxygens (including phenoxy) is 6. The van der Waals surface area contributed by atoms with E-state index in [9.17, 15) is 24.3 Å². The van der Waals surface area contributed by atoms with Crippen molar-refractivity contribution in [3.05, 3.63) is 88.0 Å². The van der Waals surface area contributed by atoms with Gasteiger partial charge in [0.05, 0.1) is 24.3 Å². The largest absolute Gasteiger partial charge is 0.497 e. The minimum atomic E-state index is -1.14. The van der Waals surface area contributed by atoms with E-state index in [4.69, 9.17) is 28.4 Å². The topological polar surface area (TPSA) is 159 Å². The molecule has 4 rings (SSSR count). The molecule has 1 heterocycles. The summed E-state index contributed by atoms with van der Waals surface area (Å²) in [6.45, 7) is 3.75. The van der Waals surface area contributed by atoms with Gasteiger partial charge in [-0.15, -0.1) is 0 Å². The molecule has 1 aliphatic heterocycles. The minimum Gasteiger partial charge on any atom is -0.497 e. The van der Waals surface area contributed by atoms with Crippen LogP contribution in [0.4, 0.5) is 4.79 Å². The number of hydrogen-bond acceptors (Lipinski definition) is 10. The van der Waals surface area contributed by atoms with Crippen LogP contribution >= 0.6 is 0 Å². The van der Waals surface area contributed by atoms with Gasteiger partial charge in [-0.3, -0.25) is 9.59 Å². The zero-order chi connectivity index (χ0) is 34.8. The molecule has 0 unspecified atom stereocenters. The summed E-state index contributed by atoms with van der Waals surface area (Å²) in [4.78, 5) is 53.3. The summed E-state index contributed by atoms with van der Waals surface area (Å²) in [6.07, 6.45) is -1.23. The van der Waals surface area contributed by atoms with Gasteiger partial charge in [0.1, 0.15) is 23.4 Å². The van der Waals surface area contributed by atoms with Gasteiger partial charge in [0.15, 0.2) is 19.4 Å². The van der Waals surface area contributed by atoms with Gasteiger partial charge in [0, 0.05) is 38.4 Å². The molecule has 1 fully saturated rings. The van der Waals surface area contributed by atoms with Crippen molar-refractivity contribution in [3.8, 4) is 17.2 Å². The summed E-state index contributed by atoms with van der Waals surface area (Å²) in [7, 11) is 4.47. The SMILES string of the molecule is COCOc1ccc(OC)cc1C(=O)c1ccc(C(=O)O[C@@H]2CCCN(C(=O)O)C[C@H]2NC(=O)c2cc(C)c(OCOC)c(C)c2)cc1. The van der Waals surface area contributed by atoms with Crippen molar-refractivity contribution < 1.29 is 52.7 Å². The van der Waals surface area contributed by atoms with Crippen molar-refractivity contribution in [2.75, 3.05) is 48.0 Å². The molecule has 0 aliphatic carbocycles. The molecule has 0 radical (unpaired) electrons. The Kier molecular flexibility index (Phi) is 12.4. The van der Waals surface area contributed by atoms with Gasteiger partial charge < -0.3 is 43.7 Å². The lowest BCUT2D eigenvalue weighted by Crippen LogP contribution is -2.51. The molecular formula is C35H40N2O11. The van der Waals surface area contributed by atoms with Crippen LogP contribution in [-0.2, 0) is 14.2 Å². The van der Waals surface area contributed by atoms with Crippen LogP contribution in [-0.4, -0.2) is 93.9 Å². The third kappa shape index (κ3) is 8.81. The Balaban J connectivity index is 1.52. The van der Waals surface area contributed by atoms with E-state index in [-0.39, 0.29) is 43.6 Å². The van der Waals surface area contributed by atoms with Crippen molar-refractivity contribution in [2.45, 2.75) is 38.8 Å². The highest BCUT2D eigenvalue weighted by molar-refractivity contribution is 6.11. The summed E-state index contributed by atoms with van der Waals surface area (Å²) < 4.78 is 32.3. The van der Waals surface area contributed by atoms with Gasteiger partial charge >= 0.3 is 12.1 Å². The predicted octanol–water partition coefficient (Wildman–Crippen LogP) is 4.61. The molecule has 1 aliphatic rings. The lowest BCUT2D eigenvalue weighted by molar-refractivity contribution is 0.0179. The molecule has 0 saturated carbocycles. The molecule has 13 heteroatoms. The number of rotatable bonds is 13.